The van der Waals surface area contributed by atoms with Crippen LogP contribution in [0.1, 0.15) is 43.3 Å². The van der Waals surface area contributed by atoms with Crippen LogP contribution in [0.4, 0.5) is 0 Å². The summed E-state index contributed by atoms with van der Waals surface area (Å²) in [7, 11) is 1.77. The molecule has 0 spiro atoms. The zero-order valence-electron chi connectivity index (χ0n) is 10.3. The van der Waals surface area contributed by atoms with E-state index in [-0.39, 0.29) is 24.0 Å². The van der Waals surface area contributed by atoms with Crippen LogP contribution in [0.25, 0.3) is 0 Å². The number of nitrogens with one attached hydrogen (secondary N) is 2. The Morgan fingerprint density at radius 1 is 1.39 bits per heavy atom. The second kappa shape index (κ2) is 5.85. The predicted molar refractivity (Wildman–Crippen MR) is 78.0 cm³/mol. The van der Waals surface area contributed by atoms with Crippen molar-refractivity contribution < 1.29 is 4.52 Å². The number of nitrogens with zero attached hydrogens (tertiary/aromatic N) is 3. The molecule has 0 amide bonds. The van der Waals surface area contributed by atoms with Crippen LogP contribution < -0.4 is 10.6 Å². The fourth-order valence-corrected chi connectivity index (χ4v) is 1.61. The standard InChI is InChI=1S/C11H17N5O.HI/c1-12-11(14-8-4-5-8)13-6-9-15-10(17-16-9)7-2-3-7;/h7-8H,2-6H2,1H3,(H2,12,13,14);1H. The van der Waals surface area contributed by atoms with E-state index in [9.17, 15) is 0 Å². The predicted octanol–water partition coefficient (Wildman–Crippen LogP) is 1.39. The minimum absolute atomic E-state index is 0. The van der Waals surface area contributed by atoms with Gasteiger partial charge in [-0.3, -0.25) is 4.99 Å². The number of rotatable bonds is 4. The quantitative estimate of drug-likeness (QED) is 0.481. The molecule has 7 heteroatoms. The van der Waals surface area contributed by atoms with Crippen molar-refractivity contribution in [2.75, 3.05) is 7.05 Å². The third kappa shape index (κ3) is 3.56. The smallest absolute Gasteiger partial charge is 0.229 e. The molecule has 2 N–H and O–H groups in total. The van der Waals surface area contributed by atoms with Gasteiger partial charge >= 0.3 is 0 Å². The molecule has 1 heterocycles. The molecule has 3 rings (SSSR count). The first kappa shape index (κ1) is 13.6. The molecular formula is C11H18IN5O. The minimum atomic E-state index is 0. The van der Waals surface area contributed by atoms with Crippen LogP contribution in [0.5, 0.6) is 0 Å². The fourth-order valence-electron chi connectivity index (χ4n) is 1.61. The van der Waals surface area contributed by atoms with Crippen LogP contribution in [0.2, 0.25) is 0 Å². The van der Waals surface area contributed by atoms with Gasteiger partial charge in [-0.25, -0.2) is 0 Å². The maximum atomic E-state index is 5.19. The van der Waals surface area contributed by atoms with Crippen molar-refractivity contribution in [1.29, 1.82) is 0 Å². The van der Waals surface area contributed by atoms with E-state index in [2.05, 4.69) is 25.8 Å². The Morgan fingerprint density at radius 2 is 2.17 bits per heavy atom. The van der Waals surface area contributed by atoms with Crippen molar-refractivity contribution >= 4 is 29.9 Å². The van der Waals surface area contributed by atoms with Crippen LogP contribution in [0.15, 0.2) is 9.52 Å². The van der Waals surface area contributed by atoms with Gasteiger partial charge in [-0.2, -0.15) is 4.98 Å². The largest absolute Gasteiger partial charge is 0.354 e. The van der Waals surface area contributed by atoms with E-state index in [0.29, 0.717) is 24.3 Å². The normalized spacial score (nSPS) is 19.3. The van der Waals surface area contributed by atoms with E-state index >= 15 is 0 Å². The topological polar surface area (TPSA) is 75.3 Å². The molecule has 100 valence electrons. The van der Waals surface area contributed by atoms with Crippen molar-refractivity contribution in [3.8, 4) is 0 Å². The van der Waals surface area contributed by atoms with Crippen molar-refractivity contribution in [3.63, 3.8) is 0 Å². The summed E-state index contributed by atoms with van der Waals surface area (Å²) in [4.78, 5) is 8.50. The van der Waals surface area contributed by atoms with E-state index < -0.39 is 0 Å². The van der Waals surface area contributed by atoms with E-state index in [0.717, 1.165) is 11.9 Å². The van der Waals surface area contributed by atoms with Gasteiger partial charge in [0.25, 0.3) is 0 Å². The summed E-state index contributed by atoms with van der Waals surface area (Å²) >= 11 is 0. The molecule has 0 radical (unpaired) electrons. The molecule has 2 fully saturated rings. The molecule has 18 heavy (non-hydrogen) atoms. The van der Waals surface area contributed by atoms with E-state index in [1.165, 1.54) is 25.7 Å². The Labute approximate surface area is 123 Å². The van der Waals surface area contributed by atoms with Gasteiger partial charge in [-0.1, -0.05) is 5.16 Å². The first-order valence-electron chi connectivity index (χ1n) is 6.15. The van der Waals surface area contributed by atoms with Crippen molar-refractivity contribution in [2.45, 2.75) is 44.2 Å². The van der Waals surface area contributed by atoms with Crippen LogP contribution in [-0.2, 0) is 6.54 Å². The molecule has 2 aliphatic carbocycles. The summed E-state index contributed by atoms with van der Waals surface area (Å²) in [5, 5.41) is 10.4. The summed E-state index contributed by atoms with van der Waals surface area (Å²) in [5.74, 6) is 2.81. The Bertz CT molecular complexity index is 425. The SMILES string of the molecule is CN=C(NCc1noc(C2CC2)n1)NC1CC1.I. The molecule has 0 saturated heterocycles. The monoisotopic (exact) mass is 363 g/mol. The molecule has 1 aromatic rings. The Morgan fingerprint density at radius 3 is 2.78 bits per heavy atom. The number of aliphatic imine (C=N–C) groups is 1. The highest BCUT2D eigenvalue weighted by Crippen LogP contribution is 2.38. The van der Waals surface area contributed by atoms with Gasteiger partial charge in [0.2, 0.25) is 5.89 Å². The van der Waals surface area contributed by atoms with E-state index in [1.54, 1.807) is 7.05 Å². The number of halogens is 1. The molecule has 1 aromatic heterocycles. The zero-order chi connectivity index (χ0) is 11.7. The number of hydrogen-bond donors (Lipinski definition) is 2. The molecule has 0 unspecified atom stereocenters. The maximum Gasteiger partial charge on any atom is 0.229 e. The van der Waals surface area contributed by atoms with Gasteiger partial charge in [-0.15, -0.1) is 24.0 Å². The maximum absolute atomic E-state index is 5.19. The van der Waals surface area contributed by atoms with Gasteiger partial charge in [0.15, 0.2) is 11.8 Å². The summed E-state index contributed by atoms with van der Waals surface area (Å²) in [5.41, 5.74) is 0. The zero-order valence-corrected chi connectivity index (χ0v) is 12.7. The second-order valence-electron chi connectivity index (χ2n) is 4.67. The molecule has 2 saturated carbocycles. The minimum Gasteiger partial charge on any atom is -0.354 e. The second-order valence-corrected chi connectivity index (χ2v) is 4.67. The Hall–Kier alpha value is -0.860. The van der Waals surface area contributed by atoms with Gasteiger partial charge in [-0.05, 0) is 25.7 Å². The summed E-state index contributed by atoms with van der Waals surface area (Å²) in [6.45, 7) is 0.558. The molecule has 0 aliphatic heterocycles. The highest BCUT2D eigenvalue weighted by molar-refractivity contribution is 14.0. The Balaban J connectivity index is 0.00000120. The number of hydrogen-bond acceptors (Lipinski definition) is 4. The first-order valence-corrected chi connectivity index (χ1v) is 6.15. The lowest BCUT2D eigenvalue weighted by molar-refractivity contribution is 0.373. The molecule has 0 aromatic carbocycles. The van der Waals surface area contributed by atoms with Crippen molar-refractivity contribution in [2.24, 2.45) is 4.99 Å². The number of guanidine groups is 1. The molecule has 0 atom stereocenters. The summed E-state index contributed by atoms with van der Waals surface area (Å²) in [6.07, 6.45) is 4.82. The van der Waals surface area contributed by atoms with Crippen LogP contribution in [0, 0.1) is 0 Å². The Kier molecular flexibility index (Phi) is 4.41. The van der Waals surface area contributed by atoms with Gasteiger partial charge in [0.1, 0.15) is 0 Å². The van der Waals surface area contributed by atoms with Gasteiger partial charge in [0.05, 0.1) is 6.54 Å². The van der Waals surface area contributed by atoms with Crippen molar-refractivity contribution in [3.05, 3.63) is 11.7 Å². The highest BCUT2D eigenvalue weighted by atomic mass is 127. The first-order chi connectivity index (χ1) is 8.35. The average molecular weight is 363 g/mol. The molecular weight excluding hydrogens is 345 g/mol. The van der Waals surface area contributed by atoms with E-state index in [4.69, 9.17) is 4.52 Å². The van der Waals surface area contributed by atoms with Gasteiger partial charge < -0.3 is 15.2 Å². The van der Waals surface area contributed by atoms with E-state index in [1.807, 2.05) is 0 Å². The molecule has 2 aliphatic rings. The average Bonchev–Trinajstić information content (AvgIpc) is 3.26. The lowest BCUT2D eigenvalue weighted by Gasteiger charge is -2.08. The fraction of sp³-hybridized carbons (Fsp3) is 0.727. The third-order valence-electron chi connectivity index (χ3n) is 2.97. The number of aromatic nitrogens is 2. The summed E-state index contributed by atoms with van der Waals surface area (Å²) < 4.78 is 5.19. The lowest BCUT2D eigenvalue weighted by Crippen LogP contribution is -2.38. The highest BCUT2D eigenvalue weighted by Gasteiger charge is 2.29. The molecule has 6 nitrogen and oxygen atoms in total. The van der Waals surface area contributed by atoms with Gasteiger partial charge in [0, 0.05) is 19.0 Å². The van der Waals surface area contributed by atoms with Crippen LogP contribution in [-0.4, -0.2) is 29.2 Å². The van der Waals surface area contributed by atoms with Crippen LogP contribution >= 0.6 is 24.0 Å². The third-order valence-corrected chi connectivity index (χ3v) is 2.97. The molecule has 0 bridgehead atoms. The van der Waals surface area contributed by atoms with Crippen LogP contribution in [0.3, 0.4) is 0 Å². The van der Waals surface area contributed by atoms with Crippen molar-refractivity contribution in [1.82, 2.24) is 20.8 Å². The summed E-state index contributed by atoms with van der Waals surface area (Å²) in [6, 6.07) is 0.591. The lowest BCUT2D eigenvalue weighted by atomic mass is 10.4.